The van der Waals surface area contributed by atoms with Crippen LogP contribution >= 0.6 is 0 Å². The van der Waals surface area contributed by atoms with E-state index in [0.717, 1.165) is 35.2 Å². The quantitative estimate of drug-likeness (QED) is 0.568. The zero-order valence-electron chi connectivity index (χ0n) is 17.5. The number of amides is 2. The van der Waals surface area contributed by atoms with E-state index < -0.39 is 0 Å². The number of urea groups is 1. The molecule has 0 saturated carbocycles. The first kappa shape index (κ1) is 20.2. The van der Waals surface area contributed by atoms with Gasteiger partial charge in [0.05, 0.1) is 6.10 Å². The molecule has 4 heteroatoms. The summed E-state index contributed by atoms with van der Waals surface area (Å²) in [5, 5.41) is 15.9. The van der Waals surface area contributed by atoms with Crippen LogP contribution in [0.2, 0.25) is 0 Å². The minimum atomic E-state index is -0.337. The Morgan fingerprint density at radius 2 is 1.77 bits per heavy atom. The zero-order valence-corrected chi connectivity index (χ0v) is 17.5. The largest absolute Gasteiger partial charge is 0.393 e. The third-order valence-electron chi connectivity index (χ3n) is 5.64. The fourth-order valence-electron chi connectivity index (χ4n) is 4.24. The lowest BCUT2D eigenvalue weighted by Crippen LogP contribution is -2.29. The average molecular weight is 401 g/mol. The number of benzene rings is 3. The van der Waals surface area contributed by atoms with Crippen molar-refractivity contribution in [2.24, 2.45) is 0 Å². The molecule has 3 aromatic carbocycles. The van der Waals surface area contributed by atoms with Crippen LogP contribution in [0.5, 0.6) is 0 Å². The Labute approximate surface area is 178 Å². The summed E-state index contributed by atoms with van der Waals surface area (Å²) in [5.74, 6) is 0. The monoisotopic (exact) mass is 400 g/mol. The van der Waals surface area contributed by atoms with Gasteiger partial charge in [0, 0.05) is 18.7 Å². The van der Waals surface area contributed by atoms with Crippen molar-refractivity contribution in [2.75, 3.05) is 5.32 Å². The smallest absolute Gasteiger partial charge is 0.319 e. The molecule has 0 aliphatic heterocycles. The fraction of sp³-hybridized carbons (Fsp3) is 0.269. The summed E-state index contributed by atoms with van der Waals surface area (Å²) in [5.41, 5.74) is 8.90. The van der Waals surface area contributed by atoms with Crippen molar-refractivity contribution < 1.29 is 9.90 Å². The molecule has 1 aliphatic carbocycles. The van der Waals surface area contributed by atoms with E-state index in [1.54, 1.807) is 0 Å². The first-order valence-corrected chi connectivity index (χ1v) is 10.5. The highest BCUT2D eigenvalue weighted by molar-refractivity contribution is 5.90. The van der Waals surface area contributed by atoms with Gasteiger partial charge in [0.25, 0.3) is 0 Å². The van der Waals surface area contributed by atoms with Crippen LogP contribution in [0, 0.1) is 13.8 Å². The van der Waals surface area contributed by atoms with E-state index >= 15 is 0 Å². The van der Waals surface area contributed by atoms with E-state index in [4.69, 9.17) is 0 Å². The van der Waals surface area contributed by atoms with Gasteiger partial charge < -0.3 is 15.7 Å². The van der Waals surface area contributed by atoms with Gasteiger partial charge in [-0.15, -0.1) is 0 Å². The van der Waals surface area contributed by atoms with Crippen LogP contribution in [0.15, 0.2) is 60.7 Å². The lowest BCUT2D eigenvalue weighted by molar-refractivity contribution is 0.159. The summed E-state index contributed by atoms with van der Waals surface area (Å²) in [6.45, 7) is 4.66. The maximum Gasteiger partial charge on any atom is 0.319 e. The summed E-state index contributed by atoms with van der Waals surface area (Å²) in [4.78, 5) is 12.5. The van der Waals surface area contributed by atoms with Crippen LogP contribution in [0.1, 0.15) is 34.2 Å². The van der Waals surface area contributed by atoms with Crippen LogP contribution in [-0.2, 0) is 19.4 Å². The van der Waals surface area contributed by atoms with Crippen LogP contribution in [0.4, 0.5) is 10.5 Å². The molecule has 3 aromatic rings. The normalized spacial score (nSPS) is 15.4. The molecular formula is C26H28N2O2. The zero-order chi connectivity index (χ0) is 21.1. The number of hydrogen-bond donors (Lipinski definition) is 3. The highest BCUT2D eigenvalue weighted by Gasteiger charge is 2.19. The van der Waals surface area contributed by atoms with Gasteiger partial charge in [-0.3, -0.25) is 0 Å². The topological polar surface area (TPSA) is 61.4 Å². The van der Waals surface area contributed by atoms with Gasteiger partial charge in [0.1, 0.15) is 0 Å². The third-order valence-corrected chi connectivity index (χ3v) is 5.64. The fourth-order valence-corrected chi connectivity index (χ4v) is 4.24. The first-order valence-electron chi connectivity index (χ1n) is 10.5. The average Bonchev–Trinajstić information content (AvgIpc) is 2.72. The molecular weight excluding hydrogens is 372 g/mol. The molecule has 4 nitrogen and oxygen atoms in total. The molecule has 30 heavy (non-hydrogen) atoms. The van der Waals surface area contributed by atoms with Gasteiger partial charge >= 0.3 is 6.03 Å². The Bertz CT molecular complexity index is 1050. The van der Waals surface area contributed by atoms with Crippen molar-refractivity contribution in [1.29, 1.82) is 0 Å². The van der Waals surface area contributed by atoms with Crippen LogP contribution in [0.25, 0.3) is 11.1 Å². The van der Waals surface area contributed by atoms with Gasteiger partial charge in [0.2, 0.25) is 0 Å². The van der Waals surface area contributed by atoms with E-state index in [2.05, 4.69) is 60.9 Å². The molecule has 0 spiro atoms. The summed E-state index contributed by atoms with van der Waals surface area (Å²) in [6.07, 6.45) is 1.87. The minimum Gasteiger partial charge on any atom is -0.393 e. The summed E-state index contributed by atoms with van der Waals surface area (Å²) >= 11 is 0. The Balaban J connectivity index is 1.43. The number of fused-ring (bicyclic) bond motifs is 1. The van der Waals surface area contributed by atoms with Crippen molar-refractivity contribution in [3.05, 3.63) is 88.5 Å². The summed E-state index contributed by atoms with van der Waals surface area (Å²) < 4.78 is 0. The highest BCUT2D eigenvalue weighted by Crippen LogP contribution is 2.28. The minimum absolute atomic E-state index is 0.236. The molecule has 2 amide bonds. The number of hydrogen-bond acceptors (Lipinski definition) is 2. The van der Waals surface area contributed by atoms with Crippen molar-refractivity contribution in [1.82, 2.24) is 5.32 Å². The second kappa shape index (κ2) is 8.72. The number of aliphatic hydroxyl groups is 1. The van der Waals surface area contributed by atoms with E-state index in [0.29, 0.717) is 13.0 Å². The van der Waals surface area contributed by atoms with E-state index in [1.807, 2.05) is 24.3 Å². The summed E-state index contributed by atoms with van der Waals surface area (Å²) in [6, 6.07) is 20.5. The molecule has 0 saturated heterocycles. The van der Waals surface area contributed by atoms with Gasteiger partial charge in [0.15, 0.2) is 0 Å². The van der Waals surface area contributed by atoms with Crippen molar-refractivity contribution in [3.63, 3.8) is 0 Å². The predicted octanol–water partition coefficient (Wildman–Crippen LogP) is 5.14. The number of anilines is 1. The maximum absolute atomic E-state index is 12.5. The van der Waals surface area contributed by atoms with Crippen molar-refractivity contribution in [2.45, 2.75) is 45.8 Å². The SMILES string of the molecule is Cc1cc(C)cc(-c2cccc(CNC(=O)Nc3cccc4c3CC(O)CC4)c2)c1. The van der Waals surface area contributed by atoms with Gasteiger partial charge in [-0.2, -0.15) is 0 Å². The Morgan fingerprint density at radius 3 is 2.57 bits per heavy atom. The lowest BCUT2D eigenvalue weighted by Gasteiger charge is -2.23. The Kier molecular flexibility index (Phi) is 5.86. The number of nitrogens with one attached hydrogen (secondary N) is 2. The van der Waals surface area contributed by atoms with E-state index in [-0.39, 0.29) is 12.1 Å². The van der Waals surface area contributed by atoms with Crippen molar-refractivity contribution in [3.8, 4) is 11.1 Å². The van der Waals surface area contributed by atoms with Gasteiger partial charge in [-0.1, -0.05) is 59.7 Å². The Morgan fingerprint density at radius 1 is 1.00 bits per heavy atom. The molecule has 0 fully saturated rings. The lowest BCUT2D eigenvalue weighted by atomic mass is 9.88. The molecule has 0 aromatic heterocycles. The highest BCUT2D eigenvalue weighted by atomic mass is 16.3. The Hall–Kier alpha value is -3.11. The van der Waals surface area contributed by atoms with Gasteiger partial charge in [-0.05, 0) is 66.6 Å². The molecule has 1 aliphatic rings. The molecule has 3 N–H and O–H groups in total. The standard InChI is InChI=1S/C26H28N2O2/c1-17-11-18(2)13-22(12-17)21-7-3-5-19(14-21)16-27-26(30)28-25-8-4-6-20-9-10-23(29)15-24(20)25/h3-8,11-14,23,29H,9-10,15-16H2,1-2H3,(H2,27,28,30). The molecule has 1 unspecified atom stereocenters. The second-order valence-electron chi connectivity index (χ2n) is 8.22. The number of aryl methyl sites for hydroxylation is 3. The summed E-state index contributed by atoms with van der Waals surface area (Å²) in [7, 11) is 0. The van der Waals surface area contributed by atoms with Crippen LogP contribution < -0.4 is 10.6 Å². The molecule has 154 valence electrons. The number of rotatable bonds is 4. The number of carbonyl (C=O) groups excluding carboxylic acids is 1. The van der Waals surface area contributed by atoms with Gasteiger partial charge in [-0.25, -0.2) is 4.79 Å². The molecule has 0 radical (unpaired) electrons. The maximum atomic E-state index is 12.5. The van der Waals surface area contributed by atoms with E-state index in [9.17, 15) is 9.90 Å². The van der Waals surface area contributed by atoms with Crippen molar-refractivity contribution >= 4 is 11.7 Å². The number of aliphatic hydroxyl groups excluding tert-OH is 1. The predicted molar refractivity (Wildman–Crippen MR) is 122 cm³/mol. The number of carbonyl (C=O) groups is 1. The third kappa shape index (κ3) is 4.71. The molecule has 0 heterocycles. The first-order chi connectivity index (χ1) is 14.5. The second-order valence-corrected chi connectivity index (χ2v) is 8.22. The molecule has 0 bridgehead atoms. The van der Waals surface area contributed by atoms with Crippen LogP contribution in [-0.4, -0.2) is 17.2 Å². The molecule has 1 atom stereocenters. The van der Waals surface area contributed by atoms with E-state index in [1.165, 1.54) is 22.3 Å². The molecule has 4 rings (SSSR count). The van der Waals surface area contributed by atoms with Crippen LogP contribution in [0.3, 0.4) is 0 Å².